The molecule has 1 aliphatic heterocycles. The number of hydrogen-bond acceptors (Lipinski definition) is 3. The van der Waals surface area contributed by atoms with Gasteiger partial charge in [0.15, 0.2) is 5.54 Å². The van der Waals surface area contributed by atoms with Gasteiger partial charge in [-0.05, 0) is 18.3 Å². The van der Waals surface area contributed by atoms with E-state index in [1.807, 2.05) is 13.8 Å². The van der Waals surface area contributed by atoms with Crippen LogP contribution in [0, 0.1) is 24.2 Å². The maximum atomic E-state index is 11.7. The van der Waals surface area contributed by atoms with E-state index in [0.717, 1.165) is 6.42 Å². The minimum Gasteiger partial charge on any atom is -0.369 e. The normalized spacial score (nSPS) is 31.1. The summed E-state index contributed by atoms with van der Waals surface area (Å²) in [6, 6.07) is -0.436. The van der Waals surface area contributed by atoms with Crippen molar-refractivity contribution in [1.82, 2.24) is 10.6 Å². The van der Waals surface area contributed by atoms with E-state index in [2.05, 4.69) is 30.4 Å². The smallest absolute Gasteiger partial charge is 0.218 e. The van der Waals surface area contributed by atoms with Crippen LogP contribution in [0.1, 0.15) is 48.0 Å². The van der Waals surface area contributed by atoms with Crippen LogP contribution in [0.3, 0.4) is 0 Å². The predicted molar refractivity (Wildman–Crippen MR) is 85.9 cm³/mol. The Morgan fingerprint density at radius 1 is 1.23 bits per heavy atom. The molecular weight excluding hydrogens is 280 g/mol. The van der Waals surface area contributed by atoms with Crippen molar-refractivity contribution in [2.75, 3.05) is 0 Å². The Kier molecular flexibility index (Phi) is 6.01. The Morgan fingerprint density at radius 2 is 1.82 bits per heavy atom. The monoisotopic (exact) mass is 308 g/mol. The molecule has 0 radical (unpaired) electrons. The third-order valence-electron chi connectivity index (χ3n) is 3.92. The van der Waals surface area contributed by atoms with Gasteiger partial charge in [0.2, 0.25) is 11.8 Å². The zero-order chi connectivity index (χ0) is 17.1. The molecule has 0 unspecified atom stereocenters. The molecule has 1 saturated heterocycles. The van der Waals surface area contributed by atoms with Crippen molar-refractivity contribution in [3.8, 4) is 12.3 Å². The Bertz CT molecular complexity index is 467. The first-order chi connectivity index (χ1) is 10.1. The molecule has 0 aromatic rings. The summed E-state index contributed by atoms with van der Waals surface area (Å²) in [7, 11) is 0. The maximum absolute atomic E-state index is 11.7. The quantitative estimate of drug-likeness (QED) is 0.756. The maximum Gasteiger partial charge on any atom is 0.218 e. The lowest BCUT2D eigenvalue weighted by Crippen LogP contribution is -2.65. The molecule has 22 heavy (non-hydrogen) atoms. The van der Waals surface area contributed by atoms with Crippen molar-refractivity contribution in [3.63, 3.8) is 0 Å². The van der Waals surface area contributed by atoms with Gasteiger partial charge >= 0.3 is 0 Å². The van der Waals surface area contributed by atoms with Crippen molar-refractivity contribution >= 4 is 11.8 Å². The fourth-order valence-electron chi connectivity index (χ4n) is 3.26. The zero-order valence-electron chi connectivity index (χ0n) is 14.4. The molecule has 0 aromatic carbocycles. The number of nitrogens with one attached hydrogen (secondary N) is 2. The second kappa shape index (κ2) is 7.15. The molecule has 5 nitrogen and oxygen atoms in total. The number of carbonyl (C=O) groups excluding carboxylic acids is 2. The van der Waals surface area contributed by atoms with Crippen molar-refractivity contribution in [2.24, 2.45) is 11.8 Å². The molecule has 1 rings (SSSR count). The van der Waals surface area contributed by atoms with Gasteiger partial charge in [0.25, 0.3) is 0 Å². The second-order valence-electron chi connectivity index (χ2n) is 6.84. The van der Waals surface area contributed by atoms with Crippen molar-refractivity contribution in [2.45, 2.75) is 71.8 Å². The number of ether oxygens (including phenoxy) is 1. The molecule has 4 atom stereocenters. The van der Waals surface area contributed by atoms with E-state index in [1.165, 1.54) is 13.8 Å². The highest BCUT2D eigenvalue weighted by Crippen LogP contribution is 2.37. The van der Waals surface area contributed by atoms with Crippen LogP contribution in [0.15, 0.2) is 0 Å². The van der Waals surface area contributed by atoms with Gasteiger partial charge in [0, 0.05) is 13.8 Å². The van der Waals surface area contributed by atoms with Crippen molar-refractivity contribution in [3.05, 3.63) is 0 Å². The van der Waals surface area contributed by atoms with Crippen LogP contribution in [0.5, 0.6) is 0 Å². The van der Waals surface area contributed by atoms with E-state index in [1.54, 1.807) is 0 Å². The lowest BCUT2D eigenvalue weighted by molar-refractivity contribution is -0.123. The molecular formula is C17H28N2O3. The Morgan fingerprint density at radius 3 is 2.18 bits per heavy atom. The summed E-state index contributed by atoms with van der Waals surface area (Å²) in [6.45, 7) is 11.1. The first-order valence-corrected chi connectivity index (χ1v) is 7.83. The van der Waals surface area contributed by atoms with E-state index in [0.29, 0.717) is 5.92 Å². The average molecular weight is 308 g/mol. The molecule has 2 amide bonds. The Hall–Kier alpha value is -1.54. The largest absolute Gasteiger partial charge is 0.369 e. The van der Waals surface area contributed by atoms with Crippen molar-refractivity contribution in [1.29, 1.82) is 0 Å². The predicted octanol–water partition coefficient (Wildman–Crippen LogP) is 1.47. The highest BCUT2D eigenvalue weighted by molar-refractivity contribution is 5.77. The average Bonchev–Trinajstić information content (AvgIpc) is 2.63. The summed E-state index contributed by atoms with van der Waals surface area (Å²) in [5.41, 5.74) is -1.02. The number of carbonyl (C=O) groups is 2. The molecule has 2 N–H and O–H groups in total. The van der Waals surface area contributed by atoms with Gasteiger partial charge in [-0.2, -0.15) is 0 Å². The lowest BCUT2D eigenvalue weighted by Gasteiger charge is -2.36. The summed E-state index contributed by atoms with van der Waals surface area (Å²) < 4.78 is 6.18. The van der Waals surface area contributed by atoms with Crippen LogP contribution in [0.4, 0.5) is 0 Å². The van der Waals surface area contributed by atoms with Crippen molar-refractivity contribution < 1.29 is 14.3 Å². The van der Waals surface area contributed by atoms with E-state index in [-0.39, 0.29) is 29.9 Å². The summed E-state index contributed by atoms with van der Waals surface area (Å²) in [5, 5.41) is 5.79. The first-order valence-electron chi connectivity index (χ1n) is 7.83. The highest BCUT2D eigenvalue weighted by atomic mass is 16.5. The van der Waals surface area contributed by atoms with Crippen LogP contribution in [-0.2, 0) is 14.3 Å². The summed E-state index contributed by atoms with van der Waals surface area (Å²) >= 11 is 0. The zero-order valence-corrected chi connectivity index (χ0v) is 14.4. The fraction of sp³-hybridized carbons (Fsp3) is 0.765. The molecule has 0 spiro atoms. The van der Waals surface area contributed by atoms with Crippen LogP contribution in [-0.4, -0.2) is 35.6 Å². The van der Waals surface area contributed by atoms with Gasteiger partial charge < -0.3 is 15.4 Å². The highest BCUT2D eigenvalue weighted by Gasteiger charge is 2.57. The van der Waals surface area contributed by atoms with Gasteiger partial charge in [-0.1, -0.05) is 33.6 Å². The molecule has 0 bridgehead atoms. The number of amides is 2. The van der Waals surface area contributed by atoms with Crippen LogP contribution < -0.4 is 10.6 Å². The number of terminal acetylenes is 1. The van der Waals surface area contributed by atoms with E-state index >= 15 is 0 Å². The fourth-order valence-corrected chi connectivity index (χ4v) is 3.26. The minimum atomic E-state index is -1.02. The number of rotatable bonds is 5. The third-order valence-corrected chi connectivity index (χ3v) is 3.92. The summed E-state index contributed by atoms with van der Waals surface area (Å²) in [6.07, 6.45) is 6.00. The van der Waals surface area contributed by atoms with Gasteiger partial charge in [0.05, 0.1) is 18.2 Å². The molecule has 0 aromatic heterocycles. The Labute approximate surface area is 133 Å². The SMILES string of the molecule is C#C[C@]1(NC(C)=O)[C@H](C(C)C)O[C@H](CC(C)C)[C@@H]1NC(C)=O. The van der Waals surface area contributed by atoms with E-state index in [9.17, 15) is 9.59 Å². The lowest BCUT2D eigenvalue weighted by atomic mass is 9.79. The van der Waals surface area contributed by atoms with Crippen LogP contribution >= 0.6 is 0 Å². The molecule has 1 aliphatic rings. The molecule has 1 fully saturated rings. The molecule has 5 heteroatoms. The molecule has 0 aliphatic carbocycles. The second-order valence-corrected chi connectivity index (χ2v) is 6.84. The Balaban J connectivity index is 3.30. The van der Waals surface area contributed by atoms with Crippen LogP contribution in [0.2, 0.25) is 0 Å². The van der Waals surface area contributed by atoms with E-state index < -0.39 is 11.6 Å². The number of hydrogen-bond donors (Lipinski definition) is 2. The minimum absolute atomic E-state index is 0.108. The van der Waals surface area contributed by atoms with Gasteiger partial charge in [0.1, 0.15) is 0 Å². The van der Waals surface area contributed by atoms with Gasteiger partial charge in [-0.3, -0.25) is 9.59 Å². The third kappa shape index (κ3) is 3.80. The summed E-state index contributed by atoms with van der Waals surface area (Å²) in [4.78, 5) is 23.4. The molecule has 0 saturated carbocycles. The van der Waals surface area contributed by atoms with Gasteiger partial charge in [-0.25, -0.2) is 0 Å². The molecule has 124 valence electrons. The van der Waals surface area contributed by atoms with Crippen LogP contribution in [0.25, 0.3) is 0 Å². The molecule has 1 heterocycles. The standard InChI is InChI=1S/C17H28N2O3/c1-8-17(19-13(7)21)15(18-12(6)20)14(9-10(2)3)22-16(17)11(4)5/h1,10-11,14-16H,9H2,2-7H3,(H,18,20)(H,19,21)/t14-,15+,16+,17-/m1/s1. The summed E-state index contributed by atoms with van der Waals surface area (Å²) in [5.74, 6) is 2.81. The van der Waals surface area contributed by atoms with E-state index in [4.69, 9.17) is 11.2 Å². The van der Waals surface area contributed by atoms with Gasteiger partial charge in [-0.15, -0.1) is 6.42 Å². The topological polar surface area (TPSA) is 67.4 Å². The first kappa shape index (κ1) is 18.5.